The zero-order valence-electron chi connectivity index (χ0n) is 10.9. The molecule has 1 aromatic rings. The molecule has 0 unspecified atom stereocenters. The van der Waals surface area contributed by atoms with E-state index < -0.39 is 4.92 Å². The SMILES string of the molecule is CC(C)CCN(C)c1ccc([N+](=O)[O-])cc1C#N. The van der Waals surface area contributed by atoms with Crippen LogP contribution in [-0.2, 0) is 0 Å². The normalized spacial score (nSPS) is 10.2. The molecule has 1 aromatic carbocycles. The van der Waals surface area contributed by atoms with E-state index in [4.69, 9.17) is 5.26 Å². The number of anilines is 1. The van der Waals surface area contributed by atoms with Gasteiger partial charge in [0.05, 0.1) is 16.2 Å². The lowest BCUT2D eigenvalue weighted by Gasteiger charge is -2.21. The second-order valence-corrected chi connectivity index (χ2v) is 4.67. The average Bonchev–Trinajstić information content (AvgIpc) is 2.34. The van der Waals surface area contributed by atoms with Crippen LogP contribution in [0.25, 0.3) is 0 Å². The lowest BCUT2D eigenvalue weighted by Crippen LogP contribution is -2.20. The van der Waals surface area contributed by atoms with Gasteiger partial charge < -0.3 is 4.90 Å². The largest absolute Gasteiger partial charge is 0.374 e. The molecule has 0 bridgehead atoms. The van der Waals surface area contributed by atoms with Gasteiger partial charge >= 0.3 is 0 Å². The summed E-state index contributed by atoms with van der Waals surface area (Å²) in [4.78, 5) is 12.1. The predicted octanol–water partition coefficient (Wildman–Crippen LogP) is 2.95. The zero-order chi connectivity index (χ0) is 13.7. The Morgan fingerprint density at radius 1 is 1.50 bits per heavy atom. The average molecular weight is 247 g/mol. The molecule has 5 nitrogen and oxygen atoms in total. The highest BCUT2D eigenvalue weighted by molar-refractivity contribution is 5.62. The first-order valence-corrected chi connectivity index (χ1v) is 5.85. The minimum absolute atomic E-state index is 0.0486. The van der Waals surface area contributed by atoms with E-state index >= 15 is 0 Å². The van der Waals surface area contributed by atoms with Crippen molar-refractivity contribution in [1.29, 1.82) is 5.26 Å². The summed E-state index contributed by atoms with van der Waals surface area (Å²) in [6.07, 6.45) is 1.01. The van der Waals surface area contributed by atoms with E-state index in [1.54, 1.807) is 6.07 Å². The topological polar surface area (TPSA) is 70.2 Å². The van der Waals surface area contributed by atoms with Crippen molar-refractivity contribution in [3.05, 3.63) is 33.9 Å². The molecule has 0 aromatic heterocycles. The Morgan fingerprint density at radius 2 is 2.17 bits per heavy atom. The smallest absolute Gasteiger partial charge is 0.270 e. The van der Waals surface area contributed by atoms with Crippen molar-refractivity contribution in [2.24, 2.45) is 5.92 Å². The lowest BCUT2D eigenvalue weighted by atomic mass is 10.1. The highest BCUT2D eigenvalue weighted by Gasteiger charge is 2.13. The molecule has 0 aliphatic carbocycles. The fourth-order valence-corrected chi connectivity index (χ4v) is 1.63. The molecule has 0 atom stereocenters. The van der Waals surface area contributed by atoms with E-state index in [1.807, 2.05) is 18.0 Å². The van der Waals surface area contributed by atoms with E-state index in [-0.39, 0.29) is 5.69 Å². The Hall–Kier alpha value is -2.09. The van der Waals surface area contributed by atoms with Crippen molar-refractivity contribution >= 4 is 11.4 Å². The van der Waals surface area contributed by atoms with Crippen LogP contribution in [0, 0.1) is 27.4 Å². The first-order chi connectivity index (χ1) is 8.45. The summed E-state index contributed by atoms with van der Waals surface area (Å²) < 4.78 is 0. The van der Waals surface area contributed by atoms with Gasteiger partial charge in [0.25, 0.3) is 5.69 Å². The number of nitrogens with zero attached hydrogens (tertiary/aromatic N) is 3. The molecular weight excluding hydrogens is 230 g/mol. The molecule has 0 N–H and O–H groups in total. The van der Waals surface area contributed by atoms with Gasteiger partial charge in [-0.2, -0.15) is 5.26 Å². The molecule has 0 fully saturated rings. The fraction of sp³-hybridized carbons (Fsp3) is 0.462. The fourth-order valence-electron chi connectivity index (χ4n) is 1.63. The number of nitro groups is 1. The number of benzene rings is 1. The van der Waals surface area contributed by atoms with Crippen LogP contribution in [0.15, 0.2) is 18.2 Å². The Labute approximate surface area is 107 Å². The molecule has 0 spiro atoms. The van der Waals surface area contributed by atoms with Gasteiger partial charge in [-0.1, -0.05) is 13.8 Å². The van der Waals surface area contributed by atoms with Crippen molar-refractivity contribution < 1.29 is 4.92 Å². The standard InChI is InChI=1S/C13H17N3O2/c1-10(2)6-7-15(3)13-5-4-12(16(17)18)8-11(13)9-14/h4-5,8,10H,6-7H2,1-3H3. The highest BCUT2D eigenvalue weighted by atomic mass is 16.6. The van der Waals surface area contributed by atoms with E-state index in [2.05, 4.69) is 13.8 Å². The van der Waals surface area contributed by atoms with Crippen molar-refractivity contribution in [1.82, 2.24) is 0 Å². The van der Waals surface area contributed by atoms with Gasteiger partial charge in [0.2, 0.25) is 0 Å². The third-order valence-corrected chi connectivity index (χ3v) is 2.76. The number of rotatable bonds is 5. The third kappa shape index (κ3) is 3.45. The van der Waals surface area contributed by atoms with Gasteiger partial charge in [-0.15, -0.1) is 0 Å². The third-order valence-electron chi connectivity index (χ3n) is 2.76. The maximum Gasteiger partial charge on any atom is 0.270 e. The van der Waals surface area contributed by atoms with Crippen molar-refractivity contribution in [2.75, 3.05) is 18.5 Å². The predicted molar refractivity (Wildman–Crippen MR) is 70.5 cm³/mol. The van der Waals surface area contributed by atoms with Crippen LogP contribution >= 0.6 is 0 Å². The summed E-state index contributed by atoms with van der Waals surface area (Å²) in [5, 5.41) is 19.7. The monoisotopic (exact) mass is 247 g/mol. The zero-order valence-corrected chi connectivity index (χ0v) is 10.9. The Kier molecular flexibility index (Phi) is 4.67. The summed E-state index contributed by atoms with van der Waals surface area (Å²) >= 11 is 0. The number of hydrogen-bond acceptors (Lipinski definition) is 4. The molecule has 0 heterocycles. The van der Waals surface area contributed by atoms with E-state index in [0.29, 0.717) is 11.5 Å². The van der Waals surface area contributed by atoms with Crippen LogP contribution in [-0.4, -0.2) is 18.5 Å². The summed E-state index contributed by atoms with van der Waals surface area (Å²) in [7, 11) is 1.89. The minimum atomic E-state index is -0.487. The van der Waals surface area contributed by atoms with E-state index in [9.17, 15) is 10.1 Å². The van der Waals surface area contributed by atoms with Crippen LogP contribution in [0.5, 0.6) is 0 Å². The molecular formula is C13H17N3O2. The number of nitro benzene ring substituents is 1. The Balaban J connectivity index is 2.95. The van der Waals surface area contributed by atoms with Gasteiger partial charge in [0.15, 0.2) is 0 Å². The Morgan fingerprint density at radius 3 is 2.67 bits per heavy atom. The van der Waals surface area contributed by atoms with Crippen LogP contribution in [0.4, 0.5) is 11.4 Å². The number of nitriles is 1. The van der Waals surface area contributed by atoms with Crippen LogP contribution in [0.1, 0.15) is 25.8 Å². The van der Waals surface area contributed by atoms with Gasteiger partial charge in [-0.05, 0) is 18.4 Å². The highest BCUT2D eigenvalue weighted by Crippen LogP contribution is 2.24. The molecule has 0 aliphatic rings. The van der Waals surface area contributed by atoms with Gasteiger partial charge in [-0.3, -0.25) is 10.1 Å². The summed E-state index contributed by atoms with van der Waals surface area (Å²) in [6, 6.07) is 6.40. The lowest BCUT2D eigenvalue weighted by molar-refractivity contribution is -0.384. The quantitative estimate of drug-likeness (QED) is 0.592. The maximum absolute atomic E-state index is 10.6. The number of non-ortho nitro benzene ring substituents is 1. The molecule has 0 saturated carbocycles. The van der Waals surface area contributed by atoms with Crippen molar-refractivity contribution in [3.63, 3.8) is 0 Å². The van der Waals surface area contributed by atoms with E-state index in [0.717, 1.165) is 18.7 Å². The number of hydrogen-bond donors (Lipinski definition) is 0. The molecule has 96 valence electrons. The van der Waals surface area contributed by atoms with Gasteiger partial charge in [0, 0.05) is 25.7 Å². The minimum Gasteiger partial charge on any atom is -0.374 e. The maximum atomic E-state index is 10.6. The molecule has 1 rings (SSSR count). The molecule has 0 saturated heterocycles. The van der Waals surface area contributed by atoms with Crippen LogP contribution in [0.2, 0.25) is 0 Å². The van der Waals surface area contributed by atoms with Crippen LogP contribution < -0.4 is 4.90 Å². The summed E-state index contributed by atoms with van der Waals surface area (Å²) in [5.41, 5.74) is 1.03. The molecule has 0 radical (unpaired) electrons. The van der Waals surface area contributed by atoms with Crippen molar-refractivity contribution in [3.8, 4) is 6.07 Å². The van der Waals surface area contributed by atoms with Gasteiger partial charge in [-0.25, -0.2) is 0 Å². The molecule has 0 aliphatic heterocycles. The van der Waals surface area contributed by atoms with Crippen molar-refractivity contribution in [2.45, 2.75) is 20.3 Å². The Bertz CT molecular complexity index is 478. The second kappa shape index (κ2) is 6.01. The second-order valence-electron chi connectivity index (χ2n) is 4.67. The summed E-state index contributed by atoms with van der Waals surface area (Å²) in [6.45, 7) is 5.09. The molecule has 5 heteroatoms. The molecule has 18 heavy (non-hydrogen) atoms. The molecule has 0 amide bonds. The van der Waals surface area contributed by atoms with Crippen LogP contribution in [0.3, 0.4) is 0 Å². The van der Waals surface area contributed by atoms with E-state index in [1.165, 1.54) is 12.1 Å². The van der Waals surface area contributed by atoms with Gasteiger partial charge in [0.1, 0.15) is 6.07 Å². The first kappa shape index (κ1) is 14.0. The summed E-state index contributed by atoms with van der Waals surface area (Å²) in [5.74, 6) is 0.580. The first-order valence-electron chi connectivity index (χ1n) is 5.85.